The van der Waals surface area contributed by atoms with Crippen LogP contribution >= 0.6 is 0 Å². The third-order valence-corrected chi connectivity index (χ3v) is 3.80. The molecule has 19 heavy (non-hydrogen) atoms. The van der Waals surface area contributed by atoms with Gasteiger partial charge >= 0.3 is 0 Å². The van der Waals surface area contributed by atoms with E-state index >= 15 is 0 Å². The summed E-state index contributed by atoms with van der Waals surface area (Å²) < 4.78 is 0. The van der Waals surface area contributed by atoms with Gasteiger partial charge in [0.05, 0.1) is 0 Å². The van der Waals surface area contributed by atoms with Crippen molar-refractivity contribution < 1.29 is 0 Å². The van der Waals surface area contributed by atoms with Crippen molar-refractivity contribution in [3.05, 3.63) is 72.8 Å². The first-order valence-corrected chi connectivity index (χ1v) is 6.56. The van der Waals surface area contributed by atoms with Crippen molar-refractivity contribution in [2.24, 2.45) is 0 Å². The van der Waals surface area contributed by atoms with E-state index in [-0.39, 0.29) is 0 Å². The molecule has 0 nitrogen and oxygen atoms in total. The van der Waals surface area contributed by atoms with Gasteiger partial charge in [0.25, 0.3) is 0 Å². The van der Waals surface area contributed by atoms with Crippen LogP contribution in [0.1, 0.15) is 5.56 Å². The molecular formula is C19H13. The molecule has 0 atom stereocenters. The SMILES string of the molecule is C=CCc1[c]c2ccc3cccc4ccc(c1)c2c34. The molecule has 0 saturated heterocycles. The van der Waals surface area contributed by atoms with Crippen LogP contribution in [0.25, 0.3) is 32.3 Å². The van der Waals surface area contributed by atoms with Gasteiger partial charge in [0, 0.05) is 0 Å². The number of benzene rings is 4. The Kier molecular flexibility index (Phi) is 2.13. The van der Waals surface area contributed by atoms with E-state index in [1.54, 1.807) is 0 Å². The lowest BCUT2D eigenvalue weighted by Crippen LogP contribution is -1.87. The van der Waals surface area contributed by atoms with E-state index in [2.05, 4.69) is 61.2 Å². The minimum atomic E-state index is 0.871. The smallest absolute Gasteiger partial charge is 0.00204 e. The monoisotopic (exact) mass is 241 g/mol. The van der Waals surface area contributed by atoms with Crippen LogP contribution in [0.2, 0.25) is 0 Å². The Labute approximate surface area is 112 Å². The molecule has 0 N–H and O–H groups in total. The Balaban J connectivity index is 2.25. The van der Waals surface area contributed by atoms with Crippen LogP contribution in [0, 0.1) is 6.07 Å². The number of hydrogen-bond donors (Lipinski definition) is 0. The van der Waals surface area contributed by atoms with Crippen LogP contribution < -0.4 is 0 Å². The van der Waals surface area contributed by atoms with Crippen molar-refractivity contribution in [2.75, 3.05) is 0 Å². The fourth-order valence-electron chi connectivity index (χ4n) is 3.00. The van der Waals surface area contributed by atoms with E-state index in [0.717, 1.165) is 6.42 Å². The molecule has 0 bridgehead atoms. The Morgan fingerprint density at radius 3 is 2.42 bits per heavy atom. The number of hydrogen-bond acceptors (Lipinski definition) is 0. The molecule has 0 unspecified atom stereocenters. The Morgan fingerprint density at radius 2 is 1.63 bits per heavy atom. The summed E-state index contributed by atoms with van der Waals surface area (Å²) in [6.07, 6.45) is 2.81. The highest BCUT2D eigenvalue weighted by atomic mass is 14.1. The van der Waals surface area contributed by atoms with Gasteiger partial charge in [0.1, 0.15) is 0 Å². The van der Waals surface area contributed by atoms with Gasteiger partial charge < -0.3 is 0 Å². The highest BCUT2D eigenvalue weighted by Gasteiger charge is 2.08. The molecular weight excluding hydrogens is 228 g/mol. The zero-order chi connectivity index (χ0) is 12.8. The average molecular weight is 241 g/mol. The van der Waals surface area contributed by atoms with Gasteiger partial charge in [-0.05, 0) is 50.4 Å². The zero-order valence-corrected chi connectivity index (χ0v) is 10.6. The summed E-state index contributed by atoms with van der Waals surface area (Å²) in [7, 11) is 0. The van der Waals surface area contributed by atoms with Gasteiger partial charge in [-0.25, -0.2) is 0 Å². The first kappa shape index (κ1) is 10.6. The lowest BCUT2D eigenvalue weighted by molar-refractivity contribution is 1.29. The molecule has 0 heterocycles. The Morgan fingerprint density at radius 1 is 0.895 bits per heavy atom. The molecule has 0 heteroatoms. The van der Waals surface area contributed by atoms with Gasteiger partial charge in [0.2, 0.25) is 0 Å². The zero-order valence-electron chi connectivity index (χ0n) is 10.6. The summed E-state index contributed by atoms with van der Waals surface area (Å²) in [5.41, 5.74) is 1.21. The quantitative estimate of drug-likeness (QED) is 0.338. The van der Waals surface area contributed by atoms with E-state index in [1.165, 1.54) is 37.9 Å². The Bertz CT molecular complexity index is 836. The Hall–Kier alpha value is -2.34. The molecule has 4 aromatic rings. The highest BCUT2D eigenvalue weighted by Crippen LogP contribution is 2.34. The second-order valence-electron chi connectivity index (χ2n) is 5.01. The molecule has 0 aliphatic rings. The van der Waals surface area contributed by atoms with Gasteiger partial charge in [-0.15, -0.1) is 6.58 Å². The molecule has 0 aromatic heterocycles. The predicted octanol–water partition coefficient (Wildman–Crippen LogP) is 5.11. The normalized spacial score (nSPS) is 11.6. The van der Waals surface area contributed by atoms with Crippen molar-refractivity contribution in [3.8, 4) is 0 Å². The minimum Gasteiger partial charge on any atom is -0.103 e. The van der Waals surface area contributed by atoms with E-state index in [4.69, 9.17) is 0 Å². The maximum atomic E-state index is 3.82. The lowest BCUT2D eigenvalue weighted by Gasteiger charge is -2.11. The molecule has 0 aliphatic heterocycles. The van der Waals surface area contributed by atoms with Gasteiger partial charge in [0.15, 0.2) is 0 Å². The highest BCUT2D eigenvalue weighted by molar-refractivity contribution is 6.22. The summed E-state index contributed by atoms with van der Waals surface area (Å²) in [6, 6.07) is 21.0. The minimum absolute atomic E-state index is 0.871. The third-order valence-electron chi connectivity index (χ3n) is 3.80. The van der Waals surface area contributed by atoms with Crippen LogP contribution in [-0.2, 0) is 6.42 Å². The van der Waals surface area contributed by atoms with Crippen LogP contribution in [0.15, 0.2) is 61.2 Å². The van der Waals surface area contributed by atoms with Crippen LogP contribution in [0.4, 0.5) is 0 Å². The van der Waals surface area contributed by atoms with Crippen molar-refractivity contribution in [3.63, 3.8) is 0 Å². The third kappa shape index (κ3) is 1.47. The number of allylic oxidation sites excluding steroid dienone is 1. The first-order chi connectivity index (χ1) is 9.36. The molecule has 0 fully saturated rings. The summed E-state index contributed by atoms with van der Waals surface area (Å²) in [5, 5.41) is 7.82. The predicted molar refractivity (Wildman–Crippen MR) is 82.9 cm³/mol. The second-order valence-corrected chi connectivity index (χ2v) is 5.01. The molecule has 0 amide bonds. The standard InChI is InChI=1S/C19H13/c1-2-4-13-11-16-9-7-14-5-3-6-15-8-10-17(12-13)19(16)18(14)15/h2-3,5-11H,1,4H2. The molecule has 1 radical (unpaired) electrons. The molecule has 0 aliphatic carbocycles. The van der Waals surface area contributed by atoms with E-state index in [0.29, 0.717) is 0 Å². The number of rotatable bonds is 2. The lowest BCUT2D eigenvalue weighted by atomic mass is 9.92. The molecule has 89 valence electrons. The molecule has 0 spiro atoms. The summed E-state index contributed by atoms with van der Waals surface area (Å²) >= 11 is 0. The fraction of sp³-hybridized carbons (Fsp3) is 0.0526. The van der Waals surface area contributed by atoms with Crippen molar-refractivity contribution >= 4 is 32.3 Å². The van der Waals surface area contributed by atoms with Crippen LogP contribution in [0.3, 0.4) is 0 Å². The molecule has 4 aromatic carbocycles. The summed E-state index contributed by atoms with van der Waals surface area (Å²) in [5.74, 6) is 0. The van der Waals surface area contributed by atoms with Crippen LogP contribution in [0.5, 0.6) is 0 Å². The van der Waals surface area contributed by atoms with E-state index < -0.39 is 0 Å². The van der Waals surface area contributed by atoms with Crippen LogP contribution in [-0.4, -0.2) is 0 Å². The van der Waals surface area contributed by atoms with E-state index in [9.17, 15) is 0 Å². The summed E-state index contributed by atoms with van der Waals surface area (Å²) in [4.78, 5) is 0. The van der Waals surface area contributed by atoms with Crippen molar-refractivity contribution in [1.82, 2.24) is 0 Å². The van der Waals surface area contributed by atoms with E-state index in [1.807, 2.05) is 6.08 Å². The maximum Gasteiger partial charge on any atom is -0.00204 e. The largest absolute Gasteiger partial charge is 0.103 e. The van der Waals surface area contributed by atoms with Gasteiger partial charge in [-0.3, -0.25) is 0 Å². The van der Waals surface area contributed by atoms with Crippen molar-refractivity contribution in [1.29, 1.82) is 0 Å². The average Bonchev–Trinajstić information content (AvgIpc) is 2.45. The maximum absolute atomic E-state index is 3.82. The fourth-order valence-corrected chi connectivity index (χ4v) is 3.00. The van der Waals surface area contributed by atoms with Gasteiger partial charge in [-0.2, -0.15) is 0 Å². The molecule has 4 rings (SSSR count). The topological polar surface area (TPSA) is 0 Å². The summed E-state index contributed by atoms with van der Waals surface area (Å²) in [6.45, 7) is 3.82. The van der Waals surface area contributed by atoms with Crippen molar-refractivity contribution in [2.45, 2.75) is 6.42 Å². The van der Waals surface area contributed by atoms with Gasteiger partial charge in [-0.1, -0.05) is 54.6 Å². The first-order valence-electron chi connectivity index (χ1n) is 6.56. The second kappa shape index (κ2) is 3.83. The molecule has 0 saturated carbocycles.